The molecule has 0 aliphatic carbocycles. The minimum atomic E-state index is -0.146. The monoisotopic (exact) mass is 262 g/mol. The van der Waals surface area contributed by atoms with Crippen LogP contribution in [0, 0.1) is 0 Å². The fourth-order valence-corrected chi connectivity index (χ4v) is 1.73. The Morgan fingerprint density at radius 2 is 1.67 bits per heavy atom. The molecule has 1 unspecified atom stereocenters. The summed E-state index contributed by atoms with van der Waals surface area (Å²) in [5.74, 6) is 0. The van der Waals surface area contributed by atoms with Crippen LogP contribution in [-0.2, 0) is 9.47 Å². The Morgan fingerprint density at radius 1 is 1.00 bits per heavy atom. The Bertz CT molecular complexity index is 183. The van der Waals surface area contributed by atoms with Gasteiger partial charge in [0.05, 0.1) is 11.7 Å². The first-order valence-electron chi connectivity index (χ1n) is 6.99. The molecule has 0 radical (unpaired) electrons. The lowest BCUT2D eigenvalue weighted by Crippen LogP contribution is -2.26. The molecule has 0 fully saturated rings. The van der Waals surface area contributed by atoms with Gasteiger partial charge in [0, 0.05) is 26.4 Å². The van der Waals surface area contributed by atoms with Crippen molar-refractivity contribution in [2.45, 2.75) is 64.6 Å². The Balaban J connectivity index is 3.50. The third-order valence-corrected chi connectivity index (χ3v) is 2.89. The first kappa shape index (κ1) is 17.8. The molecule has 110 valence electrons. The topological polar surface area (TPSA) is 58.9 Å². The van der Waals surface area contributed by atoms with E-state index in [1.54, 1.807) is 0 Å². The number of hydrogen-bond donors (Lipinski definition) is 2. The van der Waals surface area contributed by atoms with Gasteiger partial charge in [0.15, 0.2) is 0 Å². The van der Waals surface area contributed by atoms with Crippen molar-refractivity contribution >= 4 is 0 Å². The Labute approximate surface area is 111 Å². The maximum Gasteiger partial charge on any atom is 0.0627 e. The molecule has 4 nitrogen and oxygen atoms in total. The summed E-state index contributed by atoms with van der Waals surface area (Å²) < 4.78 is 11.4. The molecule has 4 heteroatoms. The number of hydrogen-bond acceptors (Lipinski definition) is 4. The molecule has 0 aromatic heterocycles. The zero-order chi connectivity index (χ0) is 13.9. The van der Waals surface area contributed by atoms with E-state index in [0.29, 0.717) is 13.0 Å². The highest BCUT2D eigenvalue weighted by Crippen LogP contribution is 2.17. The second kappa shape index (κ2) is 10.7. The maximum atomic E-state index is 8.71. The predicted molar refractivity (Wildman–Crippen MR) is 72.7 cm³/mol. The molecule has 0 aliphatic rings. The second-order valence-corrected chi connectivity index (χ2v) is 5.34. The van der Waals surface area contributed by atoms with Crippen molar-refractivity contribution < 1.29 is 19.7 Å². The Morgan fingerprint density at radius 3 is 2.28 bits per heavy atom. The van der Waals surface area contributed by atoms with Crippen molar-refractivity contribution in [1.82, 2.24) is 0 Å². The number of ether oxygens (including phenoxy) is 2. The van der Waals surface area contributed by atoms with Gasteiger partial charge >= 0.3 is 0 Å². The zero-order valence-electron chi connectivity index (χ0n) is 12.2. The van der Waals surface area contributed by atoms with E-state index in [4.69, 9.17) is 19.7 Å². The van der Waals surface area contributed by atoms with Crippen LogP contribution >= 0.6 is 0 Å². The molecule has 2 N–H and O–H groups in total. The highest BCUT2D eigenvalue weighted by molar-refractivity contribution is 4.68. The summed E-state index contributed by atoms with van der Waals surface area (Å²) in [6, 6.07) is 0. The molecular formula is C14H30O4. The molecule has 0 amide bonds. The van der Waals surface area contributed by atoms with Gasteiger partial charge in [-0.05, 0) is 52.9 Å². The summed E-state index contributed by atoms with van der Waals surface area (Å²) in [4.78, 5) is 0. The molecule has 0 rings (SSSR count). The van der Waals surface area contributed by atoms with Gasteiger partial charge in [-0.25, -0.2) is 0 Å². The Hall–Kier alpha value is -0.160. The largest absolute Gasteiger partial charge is 0.396 e. The molecule has 18 heavy (non-hydrogen) atoms. The summed E-state index contributed by atoms with van der Waals surface area (Å²) in [7, 11) is 0. The first-order valence-corrected chi connectivity index (χ1v) is 6.99. The molecule has 0 bridgehead atoms. The van der Waals surface area contributed by atoms with Crippen LogP contribution in [0.15, 0.2) is 0 Å². The van der Waals surface area contributed by atoms with Gasteiger partial charge in [-0.2, -0.15) is 0 Å². The van der Waals surface area contributed by atoms with E-state index < -0.39 is 0 Å². The Kier molecular flexibility index (Phi) is 10.6. The molecule has 0 heterocycles. The van der Waals surface area contributed by atoms with E-state index in [1.165, 1.54) is 0 Å². The van der Waals surface area contributed by atoms with Crippen LogP contribution in [0.2, 0.25) is 0 Å². The quantitative estimate of drug-likeness (QED) is 0.529. The highest BCUT2D eigenvalue weighted by atomic mass is 16.5. The smallest absolute Gasteiger partial charge is 0.0627 e. The second-order valence-electron chi connectivity index (χ2n) is 5.34. The lowest BCUT2D eigenvalue weighted by molar-refractivity contribution is -0.0371. The van der Waals surface area contributed by atoms with E-state index in [9.17, 15) is 0 Å². The summed E-state index contributed by atoms with van der Waals surface area (Å²) in [6.07, 6.45) is 4.54. The molecule has 0 spiro atoms. The van der Waals surface area contributed by atoms with Gasteiger partial charge in [-0.15, -0.1) is 0 Å². The van der Waals surface area contributed by atoms with Crippen molar-refractivity contribution in [3.63, 3.8) is 0 Å². The lowest BCUT2D eigenvalue weighted by atomic mass is 10.0. The fraction of sp³-hybridized carbons (Fsp3) is 1.00. The average molecular weight is 262 g/mol. The van der Waals surface area contributed by atoms with Gasteiger partial charge in [0.2, 0.25) is 0 Å². The van der Waals surface area contributed by atoms with Crippen LogP contribution in [0.3, 0.4) is 0 Å². The molecule has 1 atom stereocenters. The molecular weight excluding hydrogens is 232 g/mol. The minimum absolute atomic E-state index is 0.146. The molecule has 0 saturated carbocycles. The van der Waals surface area contributed by atoms with Gasteiger partial charge in [-0.1, -0.05) is 0 Å². The number of aliphatic hydroxyl groups excluding tert-OH is 2. The SMILES string of the molecule is CC(CCCO)OCCCC(C)(C)OCCCO. The van der Waals surface area contributed by atoms with Crippen LogP contribution in [0.25, 0.3) is 0 Å². The third kappa shape index (κ3) is 11.0. The maximum absolute atomic E-state index is 8.71. The summed E-state index contributed by atoms with van der Waals surface area (Å²) in [6.45, 7) is 7.94. The highest BCUT2D eigenvalue weighted by Gasteiger charge is 2.17. The van der Waals surface area contributed by atoms with Crippen LogP contribution in [0.5, 0.6) is 0 Å². The van der Waals surface area contributed by atoms with Gasteiger partial charge in [-0.3, -0.25) is 0 Å². The van der Waals surface area contributed by atoms with E-state index in [-0.39, 0.29) is 24.9 Å². The lowest BCUT2D eigenvalue weighted by Gasteiger charge is -2.25. The summed E-state index contributed by atoms with van der Waals surface area (Å²) in [5, 5.41) is 17.4. The van der Waals surface area contributed by atoms with Crippen LogP contribution in [0.1, 0.15) is 52.9 Å². The van der Waals surface area contributed by atoms with Crippen molar-refractivity contribution in [2.24, 2.45) is 0 Å². The molecule has 0 saturated heterocycles. The van der Waals surface area contributed by atoms with E-state index in [2.05, 4.69) is 13.8 Å². The van der Waals surface area contributed by atoms with E-state index in [0.717, 1.165) is 32.3 Å². The zero-order valence-corrected chi connectivity index (χ0v) is 12.2. The number of rotatable bonds is 12. The van der Waals surface area contributed by atoms with Gasteiger partial charge < -0.3 is 19.7 Å². The van der Waals surface area contributed by atoms with E-state index in [1.807, 2.05) is 6.92 Å². The van der Waals surface area contributed by atoms with Crippen LogP contribution < -0.4 is 0 Å². The van der Waals surface area contributed by atoms with Crippen LogP contribution in [-0.4, -0.2) is 48.3 Å². The molecule has 0 aliphatic heterocycles. The van der Waals surface area contributed by atoms with Crippen molar-refractivity contribution in [3.05, 3.63) is 0 Å². The number of aliphatic hydroxyl groups is 2. The van der Waals surface area contributed by atoms with Crippen molar-refractivity contribution in [2.75, 3.05) is 26.4 Å². The van der Waals surface area contributed by atoms with Gasteiger partial charge in [0.1, 0.15) is 0 Å². The minimum Gasteiger partial charge on any atom is -0.396 e. The standard InChI is InChI=1S/C14H30O4/c1-13(7-4-9-15)17-11-5-8-14(2,3)18-12-6-10-16/h13,15-16H,4-12H2,1-3H3. The van der Waals surface area contributed by atoms with Crippen LogP contribution in [0.4, 0.5) is 0 Å². The molecule has 0 aromatic carbocycles. The van der Waals surface area contributed by atoms with Crippen molar-refractivity contribution in [3.8, 4) is 0 Å². The fourth-order valence-electron chi connectivity index (χ4n) is 1.73. The van der Waals surface area contributed by atoms with Gasteiger partial charge in [0.25, 0.3) is 0 Å². The summed E-state index contributed by atoms with van der Waals surface area (Å²) in [5.41, 5.74) is -0.146. The van der Waals surface area contributed by atoms with E-state index >= 15 is 0 Å². The molecule has 0 aromatic rings. The average Bonchev–Trinajstić information content (AvgIpc) is 2.32. The first-order chi connectivity index (χ1) is 8.52. The predicted octanol–water partition coefficient (Wildman–Crippen LogP) is 2.12. The third-order valence-electron chi connectivity index (χ3n) is 2.89. The van der Waals surface area contributed by atoms with Crippen molar-refractivity contribution in [1.29, 1.82) is 0 Å². The summed E-state index contributed by atoms with van der Waals surface area (Å²) >= 11 is 0. The normalized spacial score (nSPS) is 13.8.